The van der Waals surface area contributed by atoms with E-state index in [-0.39, 0.29) is 5.41 Å². The van der Waals surface area contributed by atoms with E-state index < -0.39 is 0 Å². The molecule has 2 aromatic carbocycles. The van der Waals surface area contributed by atoms with E-state index in [0.29, 0.717) is 11.8 Å². The quantitative estimate of drug-likeness (QED) is 0.831. The molecule has 102 valence electrons. The van der Waals surface area contributed by atoms with E-state index in [4.69, 9.17) is 0 Å². The molecule has 2 aromatic rings. The van der Waals surface area contributed by atoms with Crippen LogP contribution in [-0.2, 0) is 11.8 Å². The summed E-state index contributed by atoms with van der Waals surface area (Å²) in [7, 11) is 0. The molecule has 1 saturated heterocycles. The molecule has 2 nitrogen and oxygen atoms in total. The molecule has 1 fully saturated rings. The lowest BCUT2D eigenvalue weighted by atomic mass is 9.61. The molecule has 0 spiro atoms. The Morgan fingerprint density at radius 3 is 2.80 bits per heavy atom. The summed E-state index contributed by atoms with van der Waals surface area (Å²) >= 11 is 0. The van der Waals surface area contributed by atoms with Gasteiger partial charge >= 0.3 is 0 Å². The lowest BCUT2D eigenvalue weighted by Crippen LogP contribution is -2.51. The number of piperidine rings is 1. The van der Waals surface area contributed by atoms with Gasteiger partial charge in [-0.2, -0.15) is 0 Å². The Labute approximate surface area is 119 Å². The van der Waals surface area contributed by atoms with E-state index >= 15 is 0 Å². The predicted octanol–water partition coefficient (Wildman–Crippen LogP) is 2.99. The fourth-order valence-electron chi connectivity index (χ4n) is 4.10. The van der Waals surface area contributed by atoms with Gasteiger partial charge in [0, 0.05) is 11.5 Å². The van der Waals surface area contributed by atoms with E-state index in [2.05, 4.69) is 41.7 Å². The third kappa shape index (κ3) is 1.68. The highest BCUT2D eigenvalue weighted by atomic mass is 16.3. The van der Waals surface area contributed by atoms with E-state index in [1.807, 2.05) is 12.1 Å². The van der Waals surface area contributed by atoms with Gasteiger partial charge in [0.15, 0.2) is 0 Å². The smallest absolute Gasteiger partial charge is 0.115 e. The molecule has 2 unspecified atom stereocenters. The number of nitrogens with one attached hydrogen (secondary N) is 1. The van der Waals surface area contributed by atoms with Crippen LogP contribution in [0.1, 0.15) is 29.5 Å². The monoisotopic (exact) mass is 265 g/mol. The Kier molecular flexibility index (Phi) is 2.61. The molecule has 2 heteroatoms. The average molecular weight is 265 g/mol. The zero-order valence-electron chi connectivity index (χ0n) is 11.5. The molecule has 1 aliphatic carbocycles. The molecule has 2 bridgehead atoms. The number of phenols is 1. The van der Waals surface area contributed by atoms with Crippen LogP contribution in [0.5, 0.6) is 5.75 Å². The lowest BCUT2D eigenvalue weighted by molar-refractivity contribution is 0.268. The molecule has 0 radical (unpaired) electrons. The Morgan fingerprint density at radius 1 is 1.10 bits per heavy atom. The number of hydrogen-bond acceptors (Lipinski definition) is 2. The van der Waals surface area contributed by atoms with E-state index in [1.54, 1.807) is 0 Å². The highest BCUT2D eigenvalue weighted by Crippen LogP contribution is 2.47. The number of rotatable bonds is 1. The summed E-state index contributed by atoms with van der Waals surface area (Å²) in [5.74, 6) is 0.385. The molecular weight excluding hydrogens is 246 g/mol. The molecule has 2 aliphatic rings. The summed E-state index contributed by atoms with van der Waals surface area (Å²) in [6.07, 6.45) is 3.31. The number of hydrogen-bond donors (Lipinski definition) is 2. The molecule has 2 N–H and O–H groups in total. The normalized spacial score (nSPS) is 27.9. The Hall–Kier alpha value is -1.80. The molecular formula is C18H19NO. The van der Waals surface area contributed by atoms with Crippen LogP contribution < -0.4 is 5.32 Å². The number of aromatic hydroxyl groups is 1. The Morgan fingerprint density at radius 2 is 1.95 bits per heavy atom. The van der Waals surface area contributed by atoms with Crippen LogP contribution in [0.2, 0.25) is 0 Å². The van der Waals surface area contributed by atoms with E-state index in [1.165, 1.54) is 16.7 Å². The maximum atomic E-state index is 9.93. The van der Waals surface area contributed by atoms with Crippen LogP contribution in [0.3, 0.4) is 0 Å². The zero-order chi connectivity index (χ0) is 13.6. The number of phenolic OH excluding ortho intramolecular Hbond substituents is 1. The summed E-state index contributed by atoms with van der Waals surface area (Å²) in [5.41, 5.74) is 4.18. The minimum absolute atomic E-state index is 0.0729. The van der Waals surface area contributed by atoms with Gasteiger partial charge in [-0.05, 0) is 54.6 Å². The van der Waals surface area contributed by atoms with E-state index in [0.717, 1.165) is 25.8 Å². The summed E-state index contributed by atoms with van der Waals surface area (Å²) < 4.78 is 0. The van der Waals surface area contributed by atoms with Gasteiger partial charge in [0.2, 0.25) is 0 Å². The summed E-state index contributed by atoms with van der Waals surface area (Å²) in [4.78, 5) is 0. The molecule has 1 heterocycles. The largest absolute Gasteiger partial charge is 0.508 e. The van der Waals surface area contributed by atoms with Crippen molar-refractivity contribution in [2.45, 2.75) is 30.7 Å². The molecule has 20 heavy (non-hydrogen) atoms. The van der Waals surface area contributed by atoms with Crippen molar-refractivity contribution in [2.24, 2.45) is 0 Å². The fourth-order valence-corrected chi connectivity index (χ4v) is 4.10. The van der Waals surface area contributed by atoms with Crippen LogP contribution in [0, 0.1) is 0 Å². The minimum atomic E-state index is 0.0729. The Balaban J connectivity index is 1.95. The standard InChI is InChI=1S/C18H19NO/c20-16-7-6-13-10-15-12-18(8-9-19-15,17(13)11-16)14-4-2-1-3-5-14/h1-7,11,15,19-20H,8-10,12H2. The minimum Gasteiger partial charge on any atom is -0.508 e. The van der Waals surface area contributed by atoms with Gasteiger partial charge in [-0.25, -0.2) is 0 Å². The zero-order valence-corrected chi connectivity index (χ0v) is 11.5. The molecule has 4 rings (SSSR count). The first-order valence-electron chi connectivity index (χ1n) is 7.39. The van der Waals surface area contributed by atoms with Crippen molar-refractivity contribution >= 4 is 0 Å². The highest BCUT2D eigenvalue weighted by molar-refractivity contribution is 5.50. The summed E-state index contributed by atoms with van der Waals surface area (Å²) in [6.45, 7) is 1.05. The predicted molar refractivity (Wildman–Crippen MR) is 80.1 cm³/mol. The van der Waals surface area contributed by atoms with Crippen molar-refractivity contribution in [1.82, 2.24) is 5.32 Å². The van der Waals surface area contributed by atoms with Crippen molar-refractivity contribution in [3.63, 3.8) is 0 Å². The van der Waals surface area contributed by atoms with Crippen molar-refractivity contribution in [3.05, 3.63) is 65.2 Å². The summed E-state index contributed by atoms with van der Waals surface area (Å²) in [6, 6.07) is 17.3. The third-order valence-corrected chi connectivity index (χ3v) is 4.98. The molecule has 2 atom stereocenters. The second-order valence-electron chi connectivity index (χ2n) is 6.10. The third-order valence-electron chi connectivity index (χ3n) is 4.98. The van der Waals surface area contributed by atoms with Gasteiger partial charge in [0.25, 0.3) is 0 Å². The fraction of sp³-hybridized carbons (Fsp3) is 0.333. The van der Waals surface area contributed by atoms with Crippen LogP contribution >= 0.6 is 0 Å². The maximum Gasteiger partial charge on any atom is 0.115 e. The SMILES string of the molecule is Oc1ccc2c(c1)C1(c3ccccc3)CCNC(C2)C1. The molecule has 0 aromatic heterocycles. The van der Waals surface area contributed by atoms with Crippen molar-refractivity contribution in [1.29, 1.82) is 0 Å². The van der Waals surface area contributed by atoms with Gasteiger partial charge in [0.1, 0.15) is 5.75 Å². The number of fused-ring (bicyclic) bond motifs is 4. The van der Waals surface area contributed by atoms with E-state index in [9.17, 15) is 5.11 Å². The maximum absolute atomic E-state index is 9.93. The molecule has 1 aliphatic heterocycles. The first kappa shape index (κ1) is 12.0. The van der Waals surface area contributed by atoms with Crippen molar-refractivity contribution in [2.75, 3.05) is 6.54 Å². The van der Waals surface area contributed by atoms with Crippen LogP contribution in [-0.4, -0.2) is 17.7 Å². The number of benzene rings is 2. The second kappa shape index (κ2) is 4.35. The van der Waals surface area contributed by atoms with Crippen LogP contribution in [0.15, 0.2) is 48.5 Å². The molecule has 0 amide bonds. The van der Waals surface area contributed by atoms with Gasteiger partial charge in [-0.15, -0.1) is 0 Å². The van der Waals surface area contributed by atoms with Gasteiger partial charge in [0.05, 0.1) is 0 Å². The van der Waals surface area contributed by atoms with Gasteiger partial charge < -0.3 is 10.4 Å². The second-order valence-corrected chi connectivity index (χ2v) is 6.10. The van der Waals surface area contributed by atoms with Crippen LogP contribution in [0.4, 0.5) is 0 Å². The van der Waals surface area contributed by atoms with Crippen molar-refractivity contribution < 1.29 is 5.11 Å². The topological polar surface area (TPSA) is 32.3 Å². The van der Waals surface area contributed by atoms with Crippen LogP contribution in [0.25, 0.3) is 0 Å². The first-order valence-corrected chi connectivity index (χ1v) is 7.39. The lowest BCUT2D eigenvalue weighted by Gasteiger charge is -2.47. The Bertz CT molecular complexity index is 637. The highest BCUT2D eigenvalue weighted by Gasteiger charge is 2.44. The first-order chi connectivity index (χ1) is 9.78. The van der Waals surface area contributed by atoms with Gasteiger partial charge in [-0.3, -0.25) is 0 Å². The van der Waals surface area contributed by atoms with Gasteiger partial charge in [-0.1, -0.05) is 36.4 Å². The van der Waals surface area contributed by atoms with Crippen molar-refractivity contribution in [3.8, 4) is 5.75 Å². The average Bonchev–Trinajstić information content (AvgIpc) is 2.49. The molecule has 0 saturated carbocycles. The summed E-state index contributed by atoms with van der Waals surface area (Å²) in [5, 5.41) is 13.6.